The van der Waals surface area contributed by atoms with Crippen LogP contribution in [0.4, 0.5) is 4.79 Å². The summed E-state index contributed by atoms with van der Waals surface area (Å²) in [4.78, 5) is 12.5. The largest absolute Gasteiger partial charge is 0.331 e. The summed E-state index contributed by atoms with van der Waals surface area (Å²) in [6.45, 7) is 0.476. The molecule has 0 saturated heterocycles. The van der Waals surface area contributed by atoms with Crippen molar-refractivity contribution >= 4 is 17.6 Å². The first-order valence-electron chi connectivity index (χ1n) is 4.09. The minimum absolute atomic E-state index is 0.329. The molecule has 0 atom stereocenters. The fourth-order valence-electron chi connectivity index (χ4n) is 1.09. The highest BCUT2D eigenvalue weighted by Crippen LogP contribution is 2.11. The second kappa shape index (κ2) is 4.83. The molecule has 3 N–H and O–H groups in total. The number of nitrogens with two attached hydrogens (primary N) is 1. The Morgan fingerprint density at radius 3 is 2.93 bits per heavy atom. The molecule has 0 radical (unpaired) electrons. The summed E-state index contributed by atoms with van der Waals surface area (Å²) in [6.07, 6.45) is 0. The van der Waals surface area contributed by atoms with Crippen LogP contribution in [0.25, 0.3) is 0 Å². The monoisotopic (exact) mass is 213 g/mol. The fraction of sp³-hybridized carbons (Fsp3) is 0.222. The number of carbonyl (C=O) groups is 1. The van der Waals surface area contributed by atoms with Crippen molar-refractivity contribution in [2.75, 3.05) is 7.05 Å². The molecule has 5 heteroatoms. The molecule has 1 rings (SSSR count). The van der Waals surface area contributed by atoms with E-state index in [0.29, 0.717) is 11.6 Å². The Kier molecular flexibility index (Phi) is 3.73. The molecule has 0 bridgehead atoms. The van der Waals surface area contributed by atoms with Crippen LogP contribution < -0.4 is 11.3 Å². The second-order valence-corrected chi connectivity index (χ2v) is 3.37. The molecule has 14 heavy (non-hydrogen) atoms. The lowest BCUT2D eigenvalue weighted by atomic mass is 10.2. The van der Waals surface area contributed by atoms with Gasteiger partial charge in [-0.15, -0.1) is 0 Å². The summed E-state index contributed by atoms with van der Waals surface area (Å²) < 4.78 is 0. The van der Waals surface area contributed by atoms with Gasteiger partial charge in [0.1, 0.15) is 0 Å². The topological polar surface area (TPSA) is 58.4 Å². The zero-order chi connectivity index (χ0) is 10.6. The van der Waals surface area contributed by atoms with Crippen LogP contribution in [0.5, 0.6) is 0 Å². The third-order valence-electron chi connectivity index (χ3n) is 1.78. The molecule has 2 amide bonds. The van der Waals surface area contributed by atoms with Crippen molar-refractivity contribution in [3.8, 4) is 0 Å². The van der Waals surface area contributed by atoms with Crippen LogP contribution in [-0.2, 0) is 6.54 Å². The molecule has 0 saturated carbocycles. The maximum Gasteiger partial charge on any atom is 0.331 e. The molecule has 0 aliphatic carbocycles. The van der Waals surface area contributed by atoms with Gasteiger partial charge in [-0.2, -0.15) is 0 Å². The highest BCUT2D eigenvalue weighted by Gasteiger charge is 2.06. The molecule has 76 valence electrons. The van der Waals surface area contributed by atoms with E-state index in [9.17, 15) is 4.79 Å². The van der Waals surface area contributed by atoms with Gasteiger partial charge in [-0.25, -0.2) is 10.6 Å². The van der Waals surface area contributed by atoms with E-state index < -0.39 is 0 Å². The van der Waals surface area contributed by atoms with Gasteiger partial charge in [-0.1, -0.05) is 23.7 Å². The van der Waals surface area contributed by atoms with Crippen molar-refractivity contribution in [1.29, 1.82) is 0 Å². The average molecular weight is 214 g/mol. The van der Waals surface area contributed by atoms with E-state index in [4.69, 9.17) is 17.4 Å². The predicted molar refractivity (Wildman–Crippen MR) is 55.6 cm³/mol. The van der Waals surface area contributed by atoms with Crippen LogP contribution in [0.2, 0.25) is 5.02 Å². The number of nitrogens with zero attached hydrogens (tertiary/aromatic N) is 1. The van der Waals surface area contributed by atoms with E-state index in [1.807, 2.05) is 18.2 Å². The standard InChI is InChI=1S/C9H12ClN3O/c1-13(9(14)12-11)6-7-3-2-4-8(10)5-7/h2-5H,6,11H2,1H3,(H,12,14). The summed E-state index contributed by atoms with van der Waals surface area (Å²) in [5, 5.41) is 0.657. The first-order chi connectivity index (χ1) is 6.63. The zero-order valence-corrected chi connectivity index (χ0v) is 8.58. The van der Waals surface area contributed by atoms with E-state index in [2.05, 4.69) is 5.43 Å². The van der Waals surface area contributed by atoms with Crippen LogP contribution in [0.3, 0.4) is 0 Å². The first-order valence-corrected chi connectivity index (χ1v) is 4.47. The highest BCUT2D eigenvalue weighted by atomic mass is 35.5. The molecule has 4 nitrogen and oxygen atoms in total. The molecule has 0 heterocycles. The third kappa shape index (κ3) is 2.90. The minimum atomic E-state index is -0.329. The van der Waals surface area contributed by atoms with E-state index in [1.54, 1.807) is 13.1 Å². The summed E-state index contributed by atoms with van der Waals surface area (Å²) in [5.74, 6) is 4.99. The van der Waals surface area contributed by atoms with Crippen LogP contribution >= 0.6 is 11.6 Å². The van der Waals surface area contributed by atoms with Gasteiger partial charge < -0.3 is 4.90 Å². The number of urea groups is 1. The summed E-state index contributed by atoms with van der Waals surface area (Å²) >= 11 is 5.80. The molecular weight excluding hydrogens is 202 g/mol. The molecule has 1 aromatic carbocycles. The van der Waals surface area contributed by atoms with E-state index in [1.165, 1.54) is 4.90 Å². The number of halogens is 1. The van der Waals surface area contributed by atoms with E-state index >= 15 is 0 Å². The predicted octanol–water partition coefficient (Wildman–Crippen LogP) is 1.36. The molecule has 0 aromatic heterocycles. The van der Waals surface area contributed by atoms with Gasteiger partial charge in [0.2, 0.25) is 0 Å². The molecule has 0 fully saturated rings. The number of nitrogens with one attached hydrogen (secondary N) is 1. The Hall–Kier alpha value is -1.26. The van der Waals surface area contributed by atoms with E-state index in [0.717, 1.165) is 5.56 Å². The van der Waals surface area contributed by atoms with Crippen molar-refractivity contribution in [2.24, 2.45) is 5.84 Å². The molecular formula is C9H12ClN3O. The molecule has 1 aromatic rings. The van der Waals surface area contributed by atoms with Gasteiger partial charge in [0, 0.05) is 18.6 Å². The lowest BCUT2D eigenvalue weighted by molar-refractivity contribution is 0.207. The number of carbonyl (C=O) groups excluding carboxylic acids is 1. The first kappa shape index (κ1) is 10.8. The van der Waals surface area contributed by atoms with Gasteiger partial charge in [0.15, 0.2) is 0 Å². The Labute approximate surface area is 87.6 Å². The average Bonchev–Trinajstić information content (AvgIpc) is 2.16. The van der Waals surface area contributed by atoms with Crippen LogP contribution in [0.1, 0.15) is 5.56 Å². The van der Waals surface area contributed by atoms with Crippen LogP contribution in [0, 0.1) is 0 Å². The molecule has 0 aliphatic heterocycles. The number of hydrogen-bond donors (Lipinski definition) is 2. The van der Waals surface area contributed by atoms with Gasteiger partial charge in [-0.3, -0.25) is 5.43 Å². The number of rotatable bonds is 2. The Morgan fingerprint density at radius 1 is 1.64 bits per heavy atom. The number of hydrogen-bond acceptors (Lipinski definition) is 2. The van der Waals surface area contributed by atoms with Crippen molar-refractivity contribution in [3.63, 3.8) is 0 Å². The van der Waals surface area contributed by atoms with Gasteiger partial charge in [0.05, 0.1) is 0 Å². The maximum absolute atomic E-state index is 11.1. The lowest BCUT2D eigenvalue weighted by Gasteiger charge is -2.16. The van der Waals surface area contributed by atoms with Crippen molar-refractivity contribution in [1.82, 2.24) is 10.3 Å². The summed E-state index contributed by atoms with van der Waals surface area (Å²) in [7, 11) is 1.66. The van der Waals surface area contributed by atoms with Gasteiger partial charge >= 0.3 is 6.03 Å². The Balaban J connectivity index is 2.64. The molecule has 0 spiro atoms. The molecule has 0 unspecified atom stereocenters. The quantitative estimate of drug-likeness (QED) is 0.443. The third-order valence-corrected chi connectivity index (χ3v) is 2.01. The lowest BCUT2D eigenvalue weighted by Crippen LogP contribution is -2.40. The van der Waals surface area contributed by atoms with Crippen LogP contribution in [0.15, 0.2) is 24.3 Å². The summed E-state index contributed by atoms with van der Waals surface area (Å²) in [6, 6.07) is 7.00. The second-order valence-electron chi connectivity index (χ2n) is 2.94. The van der Waals surface area contributed by atoms with Crippen molar-refractivity contribution in [3.05, 3.63) is 34.9 Å². The Morgan fingerprint density at radius 2 is 2.36 bits per heavy atom. The normalized spacial score (nSPS) is 9.64. The Bertz CT molecular complexity index is 330. The zero-order valence-electron chi connectivity index (χ0n) is 7.83. The van der Waals surface area contributed by atoms with Gasteiger partial charge in [0.25, 0.3) is 0 Å². The maximum atomic E-state index is 11.1. The van der Waals surface area contributed by atoms with Gasteiger partial charge in [-0.05, 0) is 17.7 Å². The van der Waals surface area contributed by atoms with E-state index in [-0.39, 0.29) is 6.03 Å². The van der Waals surface area contributed by atoms with Crippen molar-refractivity contribution in [2.45, 2.75) is 6.54 Å². The van der Waals surface area contributed by atoms with Crippen LogP contribution in [-0.4, -0.2) is 18.0 Å². The molecule has 0 aliphatic rings. The fourth-order valence-corrected chi connectivity index (χ4v) is 1.30. The smallest absolute Gasteiger partial charge is 0.322 e. The minimum Gasteiger partial charge on any atom is -0.322 e. The SMILES string of the molecule is CN(Cc1cccc(Cl)c1)C(=O)NN. The van der Waals surface area contributed by atoms with Crippen molar-refractivity contribution < 1.29 is 4.79 Å². The number of hydrazine groups is 1. The highest BCUT2D eigenvalue weighted by molar-refractivity contribution is 6.30. The number of amides is 2. The number of benzene rings is 1. The summed E-state index contributed by atoms with van der Waals surface area (Å²) in [5.41, 5.74) is 3.02.